The number of benzene rings is 1. The average molecular weight is 470 g/mol. The van der Waals surface area contributed by atoms with Crippen molar-refractivity contribution in [1.82, 2.24) is 10.6 Å². The molecular formula is C26H35N3O5. The number of hydrogen-bond acceptors (Lipinski definition) is 5. The van der Waals surface area contributed by atoms with Crippen molar-refractivity contribution in [3.63, 3.8) is 0 Å². The van der Waals surface area contributed by atoms with Gasteiger partial charge in [-0.15, -0.1) is 0 Å². The van der Waals surface area contributed by atoms with E-state index in [2.05, 4.69) is 10.6 Å². The Bertz CT molecular complexity index is 1030. The largest absolute Gasteiger partial charge is 0.451 e. The molecule has 184 valence electrons. The van der Waals surface area contributed by atoms with Gasteiger partial charge in [-0.25, -0.2) is 4.79 Å². The monoisotopic (exact) mass is 469 g/mol. The number of rotatable bonds is 7. The van der Waals surface area contributed by atoms with E-state index in [1.165, 1.54) is 0 Å². The molecule has 3 amide bonds. The Hall–Kier alpha value is -3.29. The second-order valence-corrected chi connectivity index (χ2v) is 10.1. The zero-order chi connectivity index (χ0) is 24.9. The summed E-state index contributed by atoms with van der Waals surface area (Å²) in [5.41, 5.74) is 5.61. The first-order valence-corrected chi connectivity index (χ1v) is 11.8. The minimum atomic E-state index is -1.13. The quantitative estimate of drug-likeness (QED) is 0.550. The summed E-state index contributed by atoms with van der Waals surface area (Å²) in [6, 6.07) is 10.7. The topological polar surface area (TPSA) is 124 Å². The van der Waals surface area contributed by atoms with E-state index in [0.29, 0.717) is 5.76 Å². The summed E-state index contributed by atoms with van der Waals surface area (Å²) in [4.78, 5) is 37.1. The maximum absolute atomic E-state index is 12.9. The van der Waals surface area contributed by atoms with Crippen molar-refractivity contribution in [3.05, 3.63) is 47.7 Å². The molecule has 1 heterocycles. The summed E-state index contributed by atoms with van der Waals surface area (Å²) >= 11 is 0. The lowest BCUT2D eigenvalue weighted by Crippen LogP contribution is -2.60. The van der Waals surface area contributed by atoms with Gasteiger partial charge < -0.3 is 25.5 Å². The summed E-state index contributed by atoms with van der Waals surface area (Å²) < 4.78 is 11.1. The van der Waals surface area contributed by atoms with Crippen molar-refractivity contribution in [2.75, 3.05) is 0 Å². The van der Waals surface area contributed by atoms with Crippen molar-refractivity contribution in [2.24, 2.45) is 11.7 Å². The fraction of sp³-hybridized carbons (Fsp3) is 0.500. The molecule has 1 fully saturated rings. The molecule has 1 aliphatic carbocycles. The number of nitrogens with two attached hydrogens (primary N) is 1. The lowest BCUT2D eigenvalue weighted by molar-refractivity contribution is -0.126. The predicted octanol–water partition coefficient (Wildman–Crippen LogP) is 4.53. The minimum absolute atomic E-state index is 0.00582. The third kappa shape index (κ3) is 6.40. The van der Waals surface area contributed by atoms with Gasteiger partial charge in [-0.1, -0.05) is 37.5 Å². The van der Waals surface area contributed by atoms with E-state index in [-0.39, 0.29) is 18.2 Å². The van der Waals surface area contributed by atoms with Gasteiger partial charge in [-0.05, 0) is 70.2 Å². The van der Waals surface area contributed by atoms with E-state index in [9.17, 15) is 14.4 Å². The van der Waals surface area contributed by atoms with Crippen LogP contribution >= 0.6 is 0 Å². The zero-order valence-corrected chi connectivity index (χ0v) is 20.4. The van der Waals surface area contributed by atoms with E-state index in [1.54, 1.807) is 39.8 Å². The van der Waals surface area contributed by atoms with E-state index >= 15 is 0 Å². The molecule has 3 rings (SSSR count). The standard InChI is InChI=1S/C26H35N3O5/c1-25(2,3)34-24(32)28-16-17-9-8-10-18(15-17)20-13-14-21(33-20)22(30)29-26(4,23(27)31)19-11-6-5-7-12-19/h8-10,13-15,19H,5-7,11-12,16H2,1-4H3,(H2,27,31)(H,28,32)(H,29,30)/t26-/m0/s1. The lowest BCUT2D eigenvalue weighted by atomic mass is 9.75. The molecule has 4 N–H and O–H groups in total. The Morgan fingerprint density at radius 3 is 2.41 bits per heavy atom. The third-order valence-electron chi connectivity index (χ3n) is 6.18. The number of carbonyl (C=O) groups is 3. The fourth-order valence-corrected chi connectivity index (χ4v) is 4.28. The van der Waals surface area contributed by atoms with Crippen LogP contribution in [0.4, 0.5) is 4.79 Å². The van der Waals surface area contributed by atoms with Crippen LogP contribution in [-0.4, -0.2) is 29.0 Å². The molecule has 0 aliphatic heterocycles. The van der Waals surface area contributed by atoms with Gasteiger partial charge in [0, 0.05) is 12.1 Å². The highest BCUT2D eigenvalue weighted by Crippen LogP contribution is 2.33. The van der Waals surface area contributed by atoms with E-state index in [4.69, 9.17) is 14.9 Å². The number of hydrogen-bond donors (Lipinski definition) is 3. The fourth-order valence-electron chi connectivity index (χ4n) is 4.28. The second-order valence-electron chi connectivity index (χ2n) is 10.1. The SMILES string of the molecule is CC(C)(C)OC(=O)NCc1cccc(-c2ccc(C(=O)N[C@](C)(C(N)=O)C3CCCCC3)o2)c1. The molecule has 0 unspecified atom stereocenters. The molecule has 0 bridgehead atoms. The van der Waals surface area contributed by atoms with Gasteiger partial charge in [0.2, 0.25) is 5.91 Å². The molecule has 8 nitrogen and oxygen atoms in total. The highest BCUT2D eigenvalue weighted by molar-refractivity contribution is 5.97. The van der Waals surface area contributed by atoms with Crippen LogP contribution in [0.25, 0.3) is 11.3 Å². The smallest absolute Gasteiger partial charge is 0.407 e. The van der Waals surface area contributed by atoms with Crippen LogP contribution in [0.15, 0.2) is 40.8 Å². The maximum Gasteiger partial charge on any atom is 0.407 e. The first kappa shape index (κ1) is 25.3. The van der Waals surface area contributed by atoms with Gasteiger partial charge in [0.15, 0.2) is 5.76 Å². The van der Waals surface area contributed by atoms with Gasteiger partial charge in [-0.3, -0.25) is 9.59 Å². The number of carbonyl (C=O) groups excluding carboxylic acids is 3. The van der Waals surface area contributed by atoms with Crippen molar-refractivity contribution in [1.29, 1.82) is 0 Å². The van der Waals surface area contributed by atoms with Crippen molar-refractivity contribution < 1.29 is 23.5 Å². The van der Waals surface area contributed by atoms with Gasteiger partial charge in [0.1, 0.15) is 16.9 Å². The highest BCUT2D eigenvalue weighted by Gasteiger charge is 2.42. The number of furan rings is 1. The van der Waals surface area contributed by atoms with Crippen LogP contribution in [0.3, 0.4) is 0 Å². The van der Waals surface area contributed by atoms with Crippen LogP contribution < -0.4 is 16.4 Å². The van der Waals surface area contributed by atoms with Gasteiger partial charge in [0.25, 0.3) is 5.91 Å². The Kier molecular flexibility index (Phi) is 7.69. The first-order chi connectivity index (χ1) is 16.0. The van der Waals surface area contributed by atoms with Gasteiger partial charge in [-0.2, -0.15) is 0 Å². The van der Waals surface area contributed by atoms with Crippen LogP contribution in [-0.2, 0) is 16.1 Å². The Morgan fingerprint density at radius 1 is 1.06 bits per heavy atom. The molecule has 0 spiro atoms. The Labute approximate surface area is 200 Å². The molecule has 2 aromatic rings. The molecule has 8 heteroatoms. The van der Waals surface area contributed by atoms with Crippen LogP contribution in [0.1, 0.15) is 75.9 Å². The van der Waals surface area contributed by atoms with E-state index in [1.807, 2.05) is 24.3 Å². The molecule has 34 heavy (non-hydrogen) atoms. The molecule has 0 radical (unpaired) electrons. The number of ether oxygens (including phenoxy) is 1. The van der Waals surface area contributed by atoms with E-state index < -0.39 is 29.0 Å². The van der Waals surface area contributed by atoms with Gasteiger partial charge in [0.05, 0.1) is 0 Å². The average Bonchev–Trinajstić information content (AvgIpc) is 3.28. The molecule has 1 aliphatic rings. The van der Waals surface area contributed by atoms with Gasteiger partial charge >= 0.3 is 6.09 Å². The first-order valence-electron chi connectivity index (χ1n) is 11.8. The van der Waals surface area contributed by atoms with E-state index in [0.717, 1.165) is 43.2 Å². The van der Waals surface area contributed by atoms with Crippen LogP contribution in [0.5, 0.6) is 0 Å². The highest BCUT2D eigenvalue weighted by atomic mass is 16.6. The summed E-state index contributed by atoms with van der Waals surface area (Å²) in [6.45, 7) is 7.40. The third-order valence-corrected chi connectivity index (χ3v) is 6.18. The van der Waals surface area contributed by atoms with Crippen LogP contribution in [0.2, 0.25) is 0 Å². The van der Waals surface area contributed by atoms with Crippen LogP contribution in [0, 0.1) is 5.92 Å². The maximum atomic E-state index is 12.9. The Balaban J connectivity index is 1.68. The normalized spacial score (nSPS) is 16.4. The molecular weight excluding hydrogens is 434 g/mol. The zero-order valence-electron chi connectivity index (χ0n) is 20.4. The predicted molar refractivity (Wildman–Crippen MR) is 129 cm³/mol. The second kappa shape index (κ2) is 10.3. The molecule has 1 aromatic heterocycles. The number of amides is 3. The number of primary amides is 1. The minimum Gasteiger partial charge on any atom is -0.451 e. The van der Waals surface area contributed by atoms with Crippen molar-refractivity contribution >= 4 is 17.9 Å². The summed E-state index contributed by atoms with van der Waals surface area (Å²) in [6.07, 6.45) is 4.39. The molecule has 1 aromatic carbocycles. The Morgan fingerprint density at radius 2 is 1.76 bits per heavy atom. The summed E-state index contributed by atoms with van der Waals surface area (Å²) in [5.74, 6) is -0.393. The van der Waals surface area contributed by atoms with Crippen molar-refractivity contribution in [2.45, 2.75) is 77.5 Å². The van der Waals surface area contributed by atoms with Crippen molar-refractivity contribution in [3.8, 4) is 11.3 Å². The summed E-state index contributed by atoms with van der Waals surface area (Å²) in [5, 5.41) is 5.56. The molecule has 1 saturated carbocycles. The molecule has 1 atom stereocenters. The summed E-state index contributed by atoms with van der Waals surface area (Å²) in [7, 11) is 0. The lowest BCUT2D eigenvalue weighted by Gasteiger charge is -2.37. The molecule has 0 saturated heterocycles. The number of alkyl carbamates (subject to hydrolysis) is 1. The number of nitrogens with one attached hydrogen (secondary N) is 2.